The van der Waals surface area contributed by atoms with E-state index in [2.05, 4.69) is 91.3 Å². The maximum absolute atomic E-state index is 12.5. The van der Waals surface area contributed by atoms with Crippen LogP contribution in [0.2, 0.25) is 0 Å². The van der Waals surface area contributed by atoms with Gasteiger partial charge in [0.05, 0.1) is 12.1 Å². The summed E-state index contributed by atoms with van der Waals surface area (Å²) in [6, 6.07) is 17.2. The third-order valence-electron chi connectivity index (χ3n) is 9.66. The monoisotopic (exact) mass is 868 g/mol. The molecule has 0 saturated carbocycles. The molecule has 290 valence electrons. The van der Waals surface area contributed by atoms with Gasteiger partial charge in [0.1, 0.15) is 0 Å². The van der Waals surface area contributed by atoms with Crippen molar-refractivity contribution < 1.29 is 27.8 Å². The molecule has 6 rings (SSSR count). The minimum Gasteiger partial charge on any atom is -0.502 e. The number of nitrogens with zero attached hydrogens (tertiary/aromatic N) is 2. The van der Waals surface area contributed by atoms with Gasteiger partial charge >= 0.3 is 104 Å². The minimum absolute atomic E-state index is 0.0406. The molecule has 3 fully saturated rings. The van der Waals surface area contributed by atoms with Crippen molar-refractivity contribution >= 4 is 59.1 Å². The molecule has 3 heterocycles. The molecular formula is C41H54Cl2N5O3RuS-. The Hall–Kier alpha value is -2.78. The van der Waals surface area contributed by atoms with Crippen molar-refractivity contribution in [1.82, 2.24) is 16.0 Å². The fourth-order valence-electron chi connectivity index (χ4n) is 7.64. The van der Waals surface area contributed by atoms with Crippen molar-refractivity contribution in [3.05, 3.63) is 94.1 Å². The van der Waals surface area contributed by atoms with Gasteiger partial charge in [-0.3, -0.25) is 4.79 Å². The van der Waals surface area contributed by atoms with Gasteiger partial charge in [0.25, 0.3) is 0 Å². The fraction of sp³-hybridized carbons (Fsp3) is 0.463. The summed E-state index contributed by atoms with van der Waals surface area (Å²) in [5.41, 5.74) is 11.1. The molecule has 3 N–H and O–H groups in total. The number of ether oxygens (including phenoxy) is 1. The Morgan fingerprint density at radius 3 is 2.23 bits per heavy atom. The average molecular weight is 869 g/mol. The molecule has 3 atom stereocenters. The van der Waals surface area contributed by atoms with Crippen LogP contribution in [0.25, 0.3) is 0 Å². The molecule has 3 saturated heterocycles. The van der Waals surface area contributed by atoms with E-state index in [9.17, 15) is 9.59 Å². The number of benzene rings is 3. The number of rotatable bonds is 12. The van der Waals surface area contributed by atoms with Gasteiger partial charge in [-0.15, -0.1) is 0 Å². The van der Waals surface area contributed by atoms with E-state index in [1.807, 2.05) is 54.5 Å². The zero-order valence-electron chi connectivity index (χ0n) is 31.9. The quantitative estimate of drug-likeness (QED) is 0.0733. The predicted octanol–water partition coefficient (Wildman–Crippen LogP) is 8.57. The van der Waals surface area contributed by atoms with Gasteiger partial charge in [0.15, 0.2) is 0 Å². The van der Waals surface area contributed by atoms with Gasteiger partial charge in [-0.1, -0.05) is 36.2 Å². The third-order valence-corrected chi connectivity index (χ3v) is 13.0. The molecule has 12 heteroatoms. The average Bonchev–Trinajstić information content (AvgIpc) is 3.79. The van der Waals surface area contributed by atoms with Gasteiger partial charge in [-0.2, -0.15) is 18.4 Å². The molecule has 3 amide bonds. The molecule has 53 heavy (non-hydrogen) atoms. The van der Waals surface area contributed by atoms with E-state index in [1.165, 1.54) is 39.2 Å². The first-order chi connectivity index (χ1) is 25.3. The number of hydrogen-bond acceptors (Lipinski definition) is 6. The molecule has 0 bridgehead atoms. The Morgan fingerprint density at radius 2 is 1.60 bits per heavy atom. The van der Waals surface area contributed by atoms with E-state index in [4.69, 9.17) is 24.1 Å². The first-order valence-corrected chi connectivity index (χ1v) is 24.9. The van der Waals surface area contributed by atoms with Crippen LogP contribution in [-0.2, 0) is 24.9 Å². The maximum Gasteiger partial charge on any atom is 0.315 e. The molecule has 0 radical (unpaired) electrons. The summed E-state index contributed by atoms with van der Waals surface area (Å²) in [7, 11) is 11.6. The molecule has 3 aliphatic rings. The molecular weight excluding hydrogens is 815 g/mol. The van der Waals surface area contributed by atoms with E-state index in [1.54, 1.807) is 0 Å². The first kappa shape index (κ1) is 41.4. The maximum atomic E-state index is 12.5. The van der Waals surface area contributed by atoms with E-state index in [0.717, 1.165) is 55.0 Å². The van der Waals surface area contributed by atoms with Crippen LogP contribution in [0, 0.1) is 41.3 Å². The van der Waals surface area contributed by atoms with Gasteiger partial charge < -0.3 is 25.8 Å². The number of carbonyl (C=O) groups excluding carboxylic acids is 2. The summed E-state index contributed by atoms with van der Waals surface area (Å²) in [5, 5.41) is 9.60. The van der Waals surface area contributed by atoms with Crippen molar-refractivity contribution in [2.75, 3.05) is 28.6 Å². The normalized spacial score (nSPS) is 19.3. The number of para-hydroxylation sites is 1. The van der Waals surface area contributed by atoms with Gasteiger partial charge in [-0.25, -0.2) is 4.79 Å². The van der Waals surface area contributed by atoms with Crippen LogP contribution in [-0.4, -0.2) is 58.8 Å². The zero-order chi connectivity index (χ0) is 38.2. The Kier molecular flexibility index (Phi) is 15.0. The van der Waals surface area contributed by atoms with Crippen LogP contribution in [0.3, 0.4) is 0 Å². The largest absolute Gasteiger partial charge is 0.502 e. The molecule has 3 aliphatic heterocycles. The number of amides is 3. The summed E-state index contributed by atoms with van der Waals surface area (Å²) < 4.78 is 7.51. The zero-order valence-corrected chi connectivity index (χ0v) is 35.9. The standard InChI is InChI=1S/C31H42N5O2S.C10H12O.2ClH.Ru/c1-19-12-20(2)29(21(3)13-19)35-10-11-36(18-35)30-22(4)14-24(15-23(30)5)16-32-27(37)9-7-6-8-26-28-25(17-39-26)33-31(38)34-28;1-8(2)11-10-7-5-4-6-9(10)3;;;/h12-15,18,25-26,28H,6-11,16-17H2,1-5H3,(H,32,37)(H2,33,34,38);3-8H,1-2H3;2*1H;/q-1;;;;+2/p-2/t25-,26-,28-;;;;/m1..../s1. The molecule has 3 aromatic rings. The Bertz CT molecular complexity index is 1760. The molecule has 0 spiro atoms. The SMILES string of the molecule is CC(C)Oc1ccccc1[CH]=[Ru]([Cl])[Cl].Cc1cc(C)c(N2[CH-]N(c3c(C)cc(CNC(=O)CCCC[C@H]4SC[C@H]5NC(=O)N[C@H]54)cc3C)CC2)c(C)c1. The summed E-state index contributed by atoms with van der Waals surface area (Å²) in [6.07, 6.45) is 3.62. The Morgan fingerprint density at radius 1 is 0.981 bits per heavy atom. The van der Waals surface area contributed by atoms with Crippen molar-refractivity contribution in [2.45, 2.75) is 104 Å². The number of carbonyl (C=O) groups is 2. The summed E-state index contributed by atoms with van der Waals surface area (Å²) in [6.45, 7) is 19.6. The second kappa shape index (κ2) is 19.2. The van der Waals surface area contributed by atoms with Gasteiger partial charge in [0.2, 0.25) is 5.91 Å². The van der Waals surface area contributed by atoms with Crippen molar-refractivity contribution in [3.8, 4) is 5.75 Å². The second-order valence-electron chi connectivity index (χ2n) is 14.5. The number of urea groups is 1. The van der Waals surface area contributed by atoms with Crippen LogP contribution in [0.5, 0.6) is 5.75 Å². The van der Waals surface area contributed by atoms with E-state index < -0.39 is 13.5 Å². The number of thioether (sulfide) groups is 1. The van der Waals surface area contributed by atoms with E-state index in [0.29, 0.717) is 18.2 Å². The topological polar surface area (TPSA) is 85.9 Å². The first-order valence-electron chi connectivity index (χ1n) is 18.4. The van der Waals surface area contributed by atoms with E-state index in [-0.39, 0.29) is 30.1 Å². The van der Waals surface area contributed by atoms with Crippen molar-refractivity contribution in [1.29, 1.82) is 0 Å². The Labute approximate surface area is 333 Å². The number of nitrogens with one attached hydrogen (secondary N) is 3. The fourth-order valence-corrected chi connectivity index (χ4v) is 11.0. The van der Waals surface area contributed by atoms with Gasteiger partial charge in [0, 0.05) is 48.4 Å². The van der Waals surface area contributed by atoms with Crippen molar-refractivity contribution in [3.63, 3.8) is 0 Å². The predicted molar refractivity (Wildman–Crippen MR) is 220 cm³/mol. The van der Waals surface area contributed by atoms with Crippen molar-refractivity contribution in [2.24, 2.45) is 0 Å². The molecule has 8 nitrogen and oxygen atoms in total. The van der Waals surface area contributed by atoms with Gasteiger partial charge in [-0.05, 0) is 75.3 Å². The number of halogens is 2. The van der Waals surface area contributed by atoms with E-state index >= 15 is 0 Å². The molecule has 0 aliphatic carbocycles. The smallest absolute Gasteiger partial charge is 0.315 e. The molecule has 0 aromatic heterocycles. The second-order valence-corrected chi connectivity index (χ2v) is 21.5. The summed E-state index contributed by atoms with van der Waals surface area (Å²) >= 11 is 0.160. The molecule has 0 unspecified atom stereocenters. The number of aryl methyl sites for hydroxylation is 5. The molecule has 3 aromatic carbocycles. The van der Waals surface area contributed by atoms with Crippen LogP contribution in [0.15, 0.2) is 48.5 Å². The van der Waals surface area contributed by atoms with Crippen LogP contribution >= 0.6 is 31.1 Å². The minimum atomic E-state index is -1.77. The summed E-state index contributed by atoms with van der Waals surface area (Å²) in [4.78, 5) is 28.8. The summed E-state index contributed by atoms with van der Waals surface area (Å²) in [5.74, 6) is 1.93. The third kappa shape index (κ3) is 11.4. The number of fused-ring (bicyclic) bond motifs is 1. The number of hydrogen-bond donors (Lipinski definition) is 3. The number of anilines is 2. The number of unbranched alkanes of at least 4 members (excludes halogenated alkanes) is 1. The van der Waals surface area contributed by atoms with Crippen LogP contribution in [0.1, 0.15) is 78.5 Å². The Balaban J connectivity index is 0.000000326. The van der Waals surface area contributed by atoms with Crippen LogP contribution < -0.4 is 30.5 Å². The van der Waals surface area contributed by atoms with Crippen LogP contribution in [0.4, 0.5) is 16.2 Å².